The summed E-state index contributed by atoms with van der Waals surface area (Å²) in [6, 6.07) is 0. The van der Waals surface area contributed by atoms with Gasteiger partial charge in [0.05, 0.1) is 5.54 Å². The van der Waals surface area contributed by atoms with Crippen LogP contribution >= 0.6 is 0 Å². The Hall–Kier alpha value is -1.45. The van der Waals surface area contributed by atoms with Gasteiger partial charge in [-0.25, -0.2) is 13.4 Å². The summed E-state index contributed by atoms with van der Waals surface area (Å²) in [5.74, 6) is 0.524. The van der Waals surface area contributed by atoms with Crippen LogP contribution in [-0.4, -0.2) is 64.8 Å². The fourth-order valence-electron chi connectivity index (χ4n) is 2.90. The fraction of sp³-hybridized carbons (Fsp3) is 0.733. The minimum Gasteiger partial charge on any atom is -0.338 e. The molecule has 1 aromatic heterocycles. The van der Waals surface area contributed by atoms with Crippen LogP contribution in [0.2, 0.25) is 0 Å². The Morgan fingerprint density at radius 1 is 1.33 bits per heavy atom. The first-order chi connectivity index (χ1) is 11.1. The molecule has 0 spiro atoms. The third-order valence-corrected chi connectivity index (χ3v) is 6.24. The van der Waals surface area contributed by atoms with Crippen LogP contribution in [0, 0.1) is 6.92 Å². The van der Waals surface area contributed by atoms with E-state index in [2.05, 4.69) is 4.98 Å². The Morgan fingerprint density at radius 2 is 1.92 bits per heavy atom. The molecule has 24 heavy (non-hydrogen) atoms. The number of hydrogen-bond donors (Lipinski definition) is 1. The zero-order valence-corrected chi connectivity index (χ0v) is 15.6. The first-order valence-electron chi connectivity index (χ1n) is 8.18. The monoisotopic (exact) mass is 357 g/mol. The molecule has 0 aromatic carbocycles. The van der Waals surface area contributed by atoms with Gasteiger partial charge in [0.1, 0.15) is 5.82 Å². The summed E-state index contributed by atoms with van der Waals surface area (Å²) in [5, 5.41) is 0.0527. The molecule has 2 N–H and O–H groups in total. The molecule has 2 rings (SSSR count). The predicted molar refractivity (Wildman–Crippen MR) is 90.8 cm³/mol. The van der Waals surface area contributed by atoms with Crippen LogP contribution in [0.5, 0.6) is 0 Å². The molecule has 1 amide bonds. The van der Waals surface area contributed by atoms with Crippen LogP contribution < -0.4 is 5.73 Å². The maximum Gasteiger partial charge on any atom is 0.262 e. The first kappa shape index (κ1) is 18.9. The minimum atomic E-state index is -3.63. The van der Waals surface area contributed by atoms with Crippen molar-refractivity contribution in [1.29, 1.82) is 0 Å². The highest BCUT2D eigenvalue weighted by molar-refractivity contribution is 7.89. The standard InChI is InChI=1S/C15H27N5O3S/c1-5-6-15(3,16)14(21)19-7-9-20(10-8-19)24(22,23)13-11-18(4)12(2)17-13/h11H,5-10,16H2,1-4H3. The van der Waals surface area contributed by atoms with Crippen LogP contribution in [0.4, 0.5) is 0 Å². The lowest BCUT2D eigenvalue weighted by Gasteiger charge is -2.37. The number of piperazine rings is 1. The smallest absolute Gasteiger partial charge is 0.262 e. The summed E-state index contributed by atoms with van der Waals surface area (Å²) in [7, 11) is -1.87. The molecule has 8 nitrogen and oxygen atoms in total. The third kappa shape index (κ3) is 3.62. The molecular formula is C15H27N5O3S. The van der Waals surface area contributed by atoms with Crippen LogP contribution in [0.1, 0.15) is 32.5 Å². The summed E-state index contributed by atoms with van der Waals surface area (Å²) in [6.45, 7) is 6.68. The number of sulfonamides is 1. The molecule has 0 radical (unpaired) electrons. The van der Waals surface area contributed by atoms with Gasteiger partial charge in [0.15, 0.2) is 5.03 Å². The van der Waals surface area contributed by atoms with Gasteiger partial charge < -0.3 is 15.2 Å². The average molecular weight is 357 g/mol. The van der Waals surface area contributed by atoms with E-state index >= 15 is 0 Å². The van der Waals surface area contributed by atoms with Gasteiger partial charge in [-0.1, -0.05) is 13.3 Å². The van der Waals surface area contributed by atoms with Crippen LogP contribution in [0.15, 0.2) is 11.2 Å². The average Bonchev–Trinajstić information content (AvgIpc) is 2.87. The maximum atomic E-state index is 12.7. The lowest BCUT2D eigenvalue weighted by Crippen LogP contribution is -2.58. The van der Waals surface area contributed by atoms with E-state index in [1.54, 1.807) is 30.4 Å². The zero-order valence-electron chi connectivity index (χ0n) is 14.8. The number of aryl methyl sites for hydroxylation is 2. The highest BCUT2D eigenvalue weighted by Gasteiger charge is 2.36. The Kier molecular flexibility index (Phi) is 5.36. The van der Waals surface area contributed by atoms with Gasteiger partial charge in [-0.15, -0.1) is 0 Å². The van der Waals surface area contributed by atoms with E-state index < -0.39 is 15.6 Å². The van der Waals surface area contributed by atoms with Gasteiger partial charge in [-0.05, 0) is 20.3 Å². The largest absolute Gasteiger partial charge is 0.338 e. The summed E-state index contributed by atoms with van der Waals surface area (Å²) in [4.78, 5) is 18.3. The van der Waals surface area contributed by atoms with E-state index in [9.17, 15) is 13.2 Å². The van der Waals surface area contributed by atoms with E-state index in [1.807, 2.05) is 6.92 Å². The second-order valence-corrected chi connectivity index (χ2v) is 8.49. The van der Waals surface area contributed by atoms with Crippen LogP contribution in [-0.2, 0) is 21.9 Å². The molecule has 9 heteroatoms. The molecule has 2 heterocycles. The van der Waals surface area contributed by atoms with Gasteiger partial charge in [-0.2, -0.15) is 4.31 Å². The van der Waals surface area contributed by atoms with Crippen molar-refractivity contribution in [2.45, 2.75) is 44.2 Å². The molecule has 1 aliphatic rings. The maximum absolute atomic E-state index is 12.7. The number of hydrogen-bond acceptors (Lipinski definition) is 5. The number of carbonyl (C=O) groups excluding carboxylic acids is 1. The molecule has 0 saturated carbocycles. The second kappa shape index (κ2) is 6.81. The Morgan fingerprint density at radius 3 is 2.38 bits per heavy atom. The highest BCUT2D eigenvalue weighted by atomic mass is 32.2. The molecule has 0 bridgehead atoms. The number of carbonyl (C=O) groups is 1. The number of imidazole rings is 1. The summed E-state index contributed by atoms with van der Waals surface area (Å²) < 4.78 is 28.4. The Bertz CT molecular complexity index is 683. The Balaban J connectivity index is 2.06. The third-order valence-electron chi connectivity index (χ3n) is 4.47. The quantitative estimate of drug-likeness (QED) is 0.804. The van der Waals surface area contributed by atoms with Gasteiger partial charge >= 0.3 is 0 Å². The molecular weight excluding hydrogens is 330 g/mol. The topological polar surface area (TPSA) is 102 Å². The lowest BCUT2D eigenvalue weighted by molar-refractivity contribution is -0.137. The van der Waals surface area contributed by atoms with Crippen molar-refractivity contribution in [3.63, 3.8) is 0 Å². The van der Waals surface area contributed by atoms with Crippen molar-refractivity contribution < 1.29 is 13.2 Å². The normalized spacial score (nSPS) is 19.3. The van der Waals surface area contributed by atoms with Crippen molar-refractivity contribution in [3.05, 3.63) is 12.0 Å². The van der Waals surface area contributed by atoms with Crippen LogP contribution in [0.3, 0.4) is 0 Å². The summed E-state index contributed by atoms with van der Waals surface area (Å²) in [5.41, 5.74) is 5.20. The van der Waals surface area contributed by atoms with E-state index in [4.69, 9.17) is 5.73 Å². The van der Waals surface area contributed by atoms with E-state index in [0.717, 1.165) is 6.42 Å². The molecule has 0 aliphatic carbocycles. The van der Waals surface area contributed by atoms with Gasteiger partial charge in [0, 0.05) is 39.4 Å². The summed E-state index contributed by atoms with van der Waals surface area (Å²) >= 11 is 0. The van der Waals surface area contributed by atoms with Crippen molar-refractivity contribution in [3.8, 4) is 0 Å². The van der Waals surface area contributed by atoms with Gasteiger partial charge in [0.25, 0.3) is 10.0 Å². The van der Waals surface area contributed by atoms with E-state index in [-0.39, 0.29) is 24.0 Å². The highest BCUT2D eigenvalue weighted by Crippen LogP contribution is 2.19. The van der Waals surface area contributed by atoms with Crippen molar-refractivity contribution in [2.75, 3.05) is 26.2 Å². The molecule has 1 saturated heterocycles. The first-order valence-corrected chi connectivity index (χ1v) is 9.62. The molecule has 1 atom stereocenters. The molecule has 1 aliphatic heterocycles. The Labute approximate surface area is 143 Å². The number of rotatable bonds is 5. The van der Waals surface area contributed by atoms with Crippen molar-refractivity contribution in [2.24, 2.45) is 12.8 Å². The van der Waals surface area contributed by atoms with E-state index in [0.29, 0.717) is 25.3 Å². The predicted octanol–water partition coefficient (Wildman–Crippen LogP) is 0.0789. The number of aromatic nitrogens is 2. The fourth-order valence-corrected chi connectivity index (χ4v) is 4.35. The van der Waals surface area contributed by atoms with Gasteiger partial charge in [0.2, 0.25) is 5.91 Å². The minimum absolute atomic E-state index is 0.0527. The van der Waals surface area contributed by atoms with E-state index in [1.165, 1.54) is 10.5 Å². The molecule has 1 aromatic rings. The second-order valence-electron chi connectivity index (χ2n) is 6.60. The molecule has 136 valence electrons. The molecule has 1 unspecified atom stereocenters. The van der Waals surface area contributed by atoms with Crippen molar-refractivity contribution >= 4 is 15.9 Å². The SMILES string of the molecule is CCCC(C)(N)C(=O)N1CCN(S(=O)(=O)c2cn(C)c(C)n2)CC1. The zero-order chi connectivity index (χ0) is 18.1. The summed E-state index contributed by atoms with van der Waals surface area (Å²) in [6.07, 6.45) is 2.95. The van der Waals surface area contributed by atoms with Crippen LogP contribution in [0.25, 0.3) is 0 Å². The molecule has 1 fully saturated rings. The number of amides is 1. The number of nitrogens with two attached hydrogens (primary N) is 1. The lowest BCUT2D eigenvalue weighted by atomic mass is 9.95. The number of nitrogens with zero attached hydrogens (tertiary/aromatic N) is 4. The van der Waals surface area contributed by atoms with Crippen molar-refractivity contribution in [1.82, 2.24) is 18.8 Å². The van der Waals surface area contributed by atoms with Gasteiger partial charge in [-0.3, -0.25) is 4.79 Å².